The van der Waals surface area contributed by atoms with Crippen LogP contribution in [0.5, 0.6) is 5.75 Å². The van der Waals surface area contributed by atoms with Crippen molar-refractivity contribution < 1.29 is 10.2 Å². The van der Waals surface area contributed by atoms with Gasteiger partial charge in [-0.2, -0.15) is 0 Å². The lowest BCUT2D eigenvalue weighted by molar-refractivity contribution is 0.144. The summed E-state index contributed by atoms with van der Waals surface area (Å²) >= 11 is 0. The summed E-state index contributed by atoms with van der Waals surface area (Å²) in [5.41, 5.74) is 1.07. The third-order valence-corrected chi connectivity index (χ3v) is 2.78. The van der Waals surface area contributed by atoms with E-state index >= 15 is 0 Å². The molecule has 2 nitrogen and oxygen atoms in total. The standard InChI is InChI=1S/C13H20O2/c1-3-10(2)8-13(15)9-11-4-6-12(14)7-5-11/h4-7,10,13-15H,3,8-9H2,1-2H3. The minimum absolute atomic E-state index is 0.273. The third kappa shape index (κ3) is 4.34. The molecule has 2 heteroatoms. The molecule has 0 heterocycles. The lowest BCUT2D eigenvalue weighted by Gasteiger charge is -2.14. The van der Waals surface area contributed by atoms with Crippen LogP contribution < -0.4 is 0 Å². The predicted octanol–water partition coefficient (Wildman–Crippen LogP) is 2.73. The zero-order valence-electron chi connectivity index (χ0n) is 9.48. The van der Waals surface area contributed by atoms with Crippen molar-refractivity contribution in [2.45, 2.75) is 39.2 Å². The molecule has 0 aliphatic rings. The van der Waals surface area contributed by atoms with Crippen molar-refractivity contribution in [2.24, 2.45) is 5.92 Å². The van der Waals surface area contributed by atoms with Gasteiger partial charge in [0.1, 0.15) is 5.75 Å². The highest BCUT2D eigenvalue weighted by Gasteiger charge is 2.09. The van der Waals surface area contributed by atoms with E-state index in [1.807, 2.05) is 12.1 Å². The molecule has 2 unspecified atom stereocenters. The highest BCUT2D eigenvalue weighted by molar-refractivity contribution is 5.26. The molecule has 0 fully saturated rings. The van der Waals surface area contributed by atoms with Crippen LogP contribution in [-0.4, -0.2) is 16.3 Å². The van der Waals surface area contributed by atoms with Crippen LogP contribution in [0.4, 0.5) is 0 Å². The minimum Gasteiger partial charge on any atom is -0.508 e. The summed E-state index contributed by atoms with van der Waals surface area (Å²) in [5.74, 6) is 0.840. The SMILES string of the molecule is CCC(C)CC(O)Cc1ccc(O)cc1. The molecule has 84 valence electrons. The second-order valence-electron chi connectivity index (χ2n) is 4.27. The van der Waals surface area contributed by atoms with E-state index in [1.54, 1.807) is 12.1 Å². The van der Waals surface area contributed by atoms with Crippen molar-refractivity contribution in [3.05, 3.63) is 29.8 Å². The summed E-state index contributed by atoms with van der Waals surface area (Å²) in [7, 11) is 0. The van der Waals surface area contributed by atoms with E-state index in [4.69, 9.17) is 5.11 Å². The normalized spacial score (nSPS) is 14.9. The Morgan fingerprint density at radius 2 is 1.80 bits per heavy atom. The Morgan fingerprint density at radius 3 is 2.33 bits per heavy atom. The summed E-state index contributed by atoms with van der Waals surface area (Å²) in [6, 6.07) is 7.03. The van der Waals surface area contributed by atoms with Crippen LogP contribution in [0.2, 0.25) is 0 Å². The monoisotopic (exact) mass is 208 g/mol. The van der Waals surface area contributed by atoms with Gasteiger partial charge in [0.05, 0.1) is 6.10 Å². The molecule has 0 bridgehead atoms. The van der Waals surface area contributed by atoms with Crippen LogP contribution in [0, 0.1) is 5.92 Å². The van der Waals surface area contributed by atoms with Crippen molar-refractivity contribution >= 4 is 0 Å². The fourth-order valence-electron chi connectivity index (χ4n) is 1.62. The molecule has 1 aromatic carbocycles. The Bertz CT molecular complexity index is 279. The van der Waals surface area contributed by atoms with Gasteiger partial charge in [-0.3, -0.25) is 0 Å². The van der Waals surface area contributed by atoms with Gasteiger partial charge in [-0.1, -0.05) is 32.4 Å². The van der Waals surface area contributed by atoms with Gasteiger partial charge in [0.2, 0.25) is 0 Å². The first kappa shape index (κ1) is 12.1. The maximum absolute atomic E-state index is 9.81. The average molecular weight is 208 g/mol. The predicted molar refractivity (Wildman–Crippen MR) is 61.9 cm³/mol. The van der Waals surface area contributed by atoms with Gasteiger partial charge in [-0.05, 0) is 36.5 Å². The first-order valence-electron chi connectivity index (χ1n) is 5.57. The Morgan fingerprint density at radius 1 is 1.20 bits per heavy atom. The summed E-state index contributed by atoms with van der Waals surface area (Å²) in [4.78, 5) is 0. The zero-order chi connectivity index (χ0) is 11.3. The molecule has 1 aromatic rings. The molecule has 2 N–H and O–H groups in total. The Kier molecular flexibility index (Phi) is 4.63. The van der Waals surface area contributed by atoms with E-state index in [1.165, 1.54) is 0 Å². The van der Waals surface area contributed by atoms with Gasteiger partial charge in [0.25, 0.3) is 0 Å². The maximum atomic E-state index is 9.81. The van der Waals surface area contributed by atoms with Crippen LogP contribution in [0.3, 0.4) is 0 Å². The lowest BCUT2D eigenvalue weighted by Crippen LogP contribution is -2.14. The van der Waals surface area contributed by atoms with Crippen molar-refractivity contribution in [1.29, 1.82) is 0 Å². The number of phenols is 1. The van der Waals surface area contributed by atoms with Crippen molar-refractivity contribution in [3.8, 4) is 5.75 Å². The summed E-state index contributed by atoms with van der Waals surface area (Å²) in [5, 5.41) is 18.9. The van der Waals surface area contributed by atoms with E-state index in [0.717, 1.165) is 18.4 Å². The molecule has 0 aliphatic carbocycles. The van der Waals surface area contributed by atoms with Crippen LogP contribution in [0.15, 0.2) is 24.3 Å². The molecule has 0 spiro atoms. The van der Waals surface area contributed by atoms with Crippen LogP contribution >= 0.6 is 0 Å². The zero-order valence-corrected chi connectivity index (χ0v) is 9.48. The van der Waals surface area contributed by atoms with E-state index in [0.29, 0.717) is 12.3 Å². The van der Waals surface area contributed by atoms with Gasteiger partial charge in [-0.25, -0.2) is 0 Å². The second-order valence-corrected chi connectivity index (χ2v) is 4.27. The molecule has 0 radical (unpaired) electrons. The molecular weight excluding hydrogens is 188 g/mol. The van der Waals surface area contributed by atoms with Gasteiger partial charge < -0.3 is 10.2 Å². The first-order valence-corrected chi connectivity index (χ1v) is 5.57. The van der Waals surface area contributed by atoms with Crippen LogP contribution in [-0.2, 0) is 6.42 Å². The smallest absolute Gasteiger partial charge is 0.115 e. The summed E-state index contributed by atoms with van der Waals surface area (Å²) in [6.45, 7) is 4.29. The lowest BCUT2D eigenvalue weighted by atomic mass is 9.97. The Hall–Kier alpha value is -1.02. The molecule has 0 aromatic heterocycles. The average Bonchev–Trinajstić information content (AvgIpc) is 2.21. The number of rotatable bonds is 5. The van der Waals surface area contributed by atoms with Gasteiger partial charge in [0.15, 0.2) is 0 Å². The number of phenolic OH excluding ortho intramolecular Hbond substituents is 1. The second kappa shape index (κ2) is 5.76. The number of aromatic hydroxyl groups is 1. The van der Waals surface area contributed by atoms with Crippen molar-refractivity contribution in [3.63, 3.8) is 0 Å². The molecule has 0 saturated carbocycles. The van der Waals surface area contributed by atoms with Gasteiger partial charge in [0, 0.05) is 0 Å². The highest BCUT2D eigenvalue weighted by atomic mass is 16.3. The van der Waals surface area contributed by atoms with Crippen LogP contribution in [0.25, 0.3) is 0 Å². The van der Waals surface area contributed by atoms with E-state index in [9.17, 15) is 5.11 Å². The largest absolute Gasteiger partial charge is 0.508 e. The topological polar surface area (TPSA) is 40.5 Å². The van der Waals surface area contributed by atoms with Gasteiger partial charge >= 0.3 is 0 Å². The number of aliphatic hydroxyl groups is 1. The molecule has 2 atom stereocenters. The summed E-state index contributed by atoms with van der Waals surface area (Å²) in [6.07, 6.45) is 2.35. The van der Waals surface area contributed by atoms with E-state index in [2.05, 4.69) is 13.8 Å². The quantitative estimate of drug-likeness (QED) is 0.781. The third-order valence-electron chi connectivity index (χ3n) is 2.78. The van der Waals surface area contributed by atoms with Crippen LogP contribution in [0.1, 0.15) is 32.3 Å². The number of benzene rings is 1. The first-order chi connectivity index (χ1) is 7.11. The number of hydrogen-bond donors (Lipinski definition) is 2. The molecule has 0 aliphatic heterocycles. The molecular formula is C13H20O2. The Labute approximate surface area is 91.6 Å². The Balaban J connectivity index is 2.44. The van der Waals surface area contributed by atoms with Gasteiger partial charge in [-0.15, -0.1) is 0 Å². The summed E-state index contributed by atoms with van der Waals surface area (Å²) < 4.78 is 0. The fraction of sp³-hybridized carbons (Fsp3) is 0.538. The van der Waals surface area contributed by atoms with Crippen molar-refractivity contribution in [1.82, 2.24) is 0 Å². The van der Waals surface area contributed by atoms with E-state index < -0.39 is 0 Å². The molecule has 0 amide bonds. The molecule has 15 heavy (non-hydrogen) atoms. The van der Waals surface area contributed by atoms with Crippen molar-refractivity contribution in [2.75, 3.05) is 0 Å². The molecule has 1 rings (SSSR count). The highest BCUT2D eigenvalue weighted by Crippen LogP contribution is 2.15. The fourth-order valence-corrected chi connectivity index (χ4v) is 1.62. The molecule has 0 saturated heterocycles. The number of aliphatic hydroxyl groups excluding tert-OH is 1. The minimum atomic E-state index is -0.274. The number of hydrogen-bond acceptors (Lipinski definition) is 2. The maximum Gasteiger partial charge on any atom is 0.115 e. The van der Waals surface area contributed by atoms with E-state index in [-0.39, 0.29) is 11.9 Å².